The summed E-state index contributed by atoms with van der Waals surface area (Å²) in [6, 6.07) is 5.76. The fourth-order valence-corrected chi connectivity index (χ4v) is 5.24. The van der Waals surface area contributed by atoms with Gasteiger partial charge >= 0.3 is 0 Å². The Kier molecular flexibility index (Phi) is 7.31. The Balaban J connectivity index is 1.67. The van der Waals surface area contributed by atoms with Gasteiger partial charge in [-0.05, 0) is 37.5 Å². The van der Waals surface area contributed by atoms with E-state index in [4.69, 9.17) is 22.1 Å². The van der Waals surface area contributed by atoms with E-state index in [9.17, 15) is 17.2 Å². The molecule has 1 aliphatic heterocycles. The first kappa shape index (κ1) is 25.0. The molecule has 1 fully saturated rings. The van der Waals surface area contributed by atoms with E-state index in [1.807, 2.05) is 11.8 Å². The summed E-state index contributed by atoms with van der Waals surface area (Å²) in [5.41, 5.74) is 6.45. The number of likely N-dealkylation sites (tertiary alicyclic amines) is 1. The van der Waals surface area contributed by atoms with Gasteiger partial charge in [-0.15, -0.1) is 0 Å². The zero-order valence-corrected chi connectivity index (χ0v) is 20.5. The quantitative estimate of drug-likeness (QED) is 0.418. The van der Waals surface area contributed by atoms with Crippen LogP contribution in [0, 0.1) is 11.6 Å². The molecule has 0 amide bonds. The lowest BCUT2D eigenvalue weighted by Crippen LogP contribution is -2.47. The summed E-state index contributed by atoms with van der Waals surface area (Å²) in [7, 11) is -2.49. The Morgan fingerprint density at radius 3 is 2.71 bits per heavy atom. The van der Waals surface area contributed by atoms with Crippen LogP contribution in [0.2, 0.25) is 5.02 Å². The summed E-state index contributed by atoms with van der Waals surface area (Å²) in [6.07, 6.45) is 3.99. The molecule has 0 bridgehead atoms. The maximum Gasteiger partial charge on any atom is 0.266 e. The van der Waals surface area contributed by atoms with Gasteiger partial charge < -0.3 is 15.4 Å². The highest BCUT2D eigenvalue weighted by Gasteiger charge is 2.26. The minimum absolute atomic E-state index is 0.0252. The summed E-state index contributed by atoms with van der Waals surface area (Å²) in [6.45, 7) is 1.50. The molecule has 35 heavy (non-hydrogen) atoms. The van der Waals surface area contributed by atoms with Crippen molar-refractivity contribution in [1.29, 1.82) is 0 Å². The molecule has 14 heteroatoms. The number of nitrogens with zero attached hydrogens (tertiary/aromatic N) is 4. The number of halogens is 3. The van der Waals surface area contributed by atoms with Crippen LogP contribution in [-0.4, -0.2) is 54.6 Å². The van der Waals surface area contributed by atoms with Crippen molar-refractivity contribution in [1.82, 2.24) is 14.3 Å². The van der Waals surface area contributed by atoms with Gasteiger partial charge in [0.15, 0.2) is 11.6 Å². The van der Waals surface area contributed by atoms with E-state index in [-0.39, 0.29) is 16.9 Å². The average molecular weight is 541 g/mol. The highest BCUT2D eigenvalue weighted by Crippen LogP contribution is 2.33. The first-order chi connectivity index (χ1) is 16.7. The van der Waals surface area contributed by atoms with Crippen molar-refractivity contribution in [3.05, 3.63) is 71.2 Å². The van der Waals surface area contributed by atoms with E-state index in [0.29, 0.717) is 28.4 Å². The molecule has 4 rings (SSSR count). The van der Waals surface area contributed by atoms with Gasteiger partial charge in [0.2, 0.25) is 5.13 Å². The largest absolute Gasteiger partial charge is 0.453 e. The number of ether oxygens (including phenoxy) is 1. The van der Waals surface area contributed by atoms with Crippen molar-refractivity contribution >= 4 is 44.0 Å². The molecule has 9 nitrogen and oxygen atoms in total. The molecule has 0 unspecified atom stereocenters. The highest BCUT2D eigenvalue weighted by molar-refractivity contribution is 7.93. The molecule has 0 saturated carbocycles. The molecular formula is C21H19ClF2N6O3S2. The van der Waals surface area contributed by atoms with E-state index in [1.54, 1.807) is 12.1 Å². The Hall–Kier alpha value is -3.13. The van der Waals surface area contributed by atoms with Crippen LogP contribution in [0.4, 0.5) is 13.9 Å². The van der Waals surface area contributed by atoms with Crippen molar-refractivity contribution in [2.45, 2.75) is 10.9 Å². The van der Waals surface area contributed by atoms with Crippen LogP contribution in [-0.2, 0) is 10.0 Å². The molecular weight excluding hydrogens is 522 g/mol. The lowest BCUT2D eigenvalue weighted by Gasteiger charge is -2.33. The maximum atomic E-state index is 14.9. The van der Waals surface area contributed by atoms with Gasteiger partial charge in [-0.3, -0.25) is 9.71 Å². The van der Waals surface area contributed by atoms with E-state index in [0.717, 1.165) is 30.9 Å². The number of hydrogen-bond donors (Lipinski definition) is 2. The van der Waals surface area contributed by atoms with Crippen molar-refractivity contribution < 1.29 is 21.9 Å². The number of anilines is 1. The minimum atomic E-state index is -4.45. The lowest BCUT2D eigenvalue weighted by molar-refractivity contribution is 0.194. The zero-order valence-electron chi connectivity index (χ0n) is 18.2. The summed E-state index contributed by atoms with van der Waals surface area (Å²) in [5.74, 6) is -2.72. The molecule has 0 aliphatic carbocycles. The smallest absolute Gasteiger partial charge is 0.266 e. The average Bonchev–Trinajstić information content (AvgIpc) is 3.27. The molecule has 3 aromatic rings. The molecule has 0 atom stereocenters. The summed E-state index contributed by atoms with van der Waals surface area (Å²) >= 11 is 6.91. The van der Waals surface area contributed by atoms with Crippen molar-refractivity contribution in [2.24, 2.45) is 10.7 Å². The number of sulfonamides is 1. The first-order valence-corrected chi connectivity index (χ1v) is 12.7. The number of hydrogen-bond acceptors (Lipinski definition) is 9. The molecule has 1 aliphatic rings. The second-order valence-corrected chi connectivity index (χ2v) is 10.4. The van der Waals surface area contributed by atoms with Gasteiger partial charge in [0.25, 0.3) is 10.0 Å². The number of allylic oxidation sites excluding steroid dienone is 1. The SMILES string of the molecule is CN1CC(N=C(C=CN)c2cc(Cl)ccc2Oc2cc(F)c(S(=O)(=O)Nc3ncns3)cc2F)C1. The van der Waals surface area contributed by atoms with Crippen LogP contribution in [0.5, 0.6) is 11.5 Å². The van der Waals surface area contributed by atoms with Crippen LogP contribution < -0.4 is 15.2 Å². The predicted octanol–water partition coefficient (Wildman–Crippen LogP) is 3.64. The molecule has 2 heterocycles. The Morgan fingerprint density at radius 2 is 2.06 bits per heavy atom. The number of aliphatic imine (C=N–C) groups is 1. The normalized spacial score (nSPS) is 15.4. The third kappa shape index (κ3) is 5.75. The van der Waals surface area contributed by atoms with E-state index in [2.05, 4.69) is 19.2 Å². The summed E-state index contributed by atoms with van der Waals surface area (Å²) in [4.78, 5) is 9.51. The Labute approximate surface area is 209 Å². The van der Waals surface area contributed by atoms with Gasteiger partial charge in [0, 0.05) is 47.3 Å². The van der Waals surface area contributed by atoms with Crippen LogP contribution in [0.1, 0.15) is 5.56 Å². The van der Waals surface area contributed by atoms with Crippen LogP contribution >= 0.6 is 23.1 Å². The second-order valence-electron chi connectivity index (χ2n) is 7.56. The number of aromatic nitrogens is 2. The fraction of sp³-hybridized carbons (Fsp3) is 0.190. The number of nitrogens with one attached hydrogen (secondary N) is 1. The van der Waals surface area contributed by atoms with Crippen molar-refractivity contribution in [3.8, 4) is 11.5 Å². The first-order valence-electron chi connectivity index (χ1n) is 10.1. The van der Waals surface area contributed by atoms with E-state index < -0.39 is 32.3 Å². The Bertz CT molecular complexity index is 1390. The van der Waals surface area contributed by atoms with Gasteiger partial charge in [-0.2, -0.15) is 4.37 Å². The number of nitrogens with two attached hydrogens (primary N) is 1. The number of likely N-dealkylation sites (N-methyl/N-ethyl adjacent to an activating group) is 1. The second kappa shape index (κ2) is 10.2. The predicted molar refractivity (Wildman–Crippen MR) is 130 cm³/mol. The minimum Gasteiger partial charge on any atom is -0.453 e. The van der Waals surface area contributed by atoms with E-state index in [1.165, 1.54) is 18.3 Å². The van der Waals surface area contributed by atoms with Gasteiger partial charge in [0.05, 0.1) is 11.8 Å². The third-order valence-electron chi connectivity index (χ3n) is 4.92. The van der Waals surface area contributed by atoms with Crippen LogP contribution in [0.25, 0.3) is 0 Å². The summed E-state index contributed by atoms with van der Waals surface area (Å²) in [5, 5.41) is 0.278. The molecule has 3 N–H and O–H groups in total. The summed E-state index contributed by atoms with van der Waals surface area (Å²) < 4.78 is 66.0. The van der Waals surface area contributed by atoms with E-state index >= 15 is 0 Å². The number of rotatable bonds is 8. The van der Waals surface area contributed by atoms with Crippen LogP contribution in [0.3, 0.4) is 0 Å². The maximum absolute atomic E-state index is 14.9. The number of benzene rings is 2. The van der Waals surface area contributed by atoms with Gasteiger partial charge in [0.1, 0.15) is 22.8 Å². The molecule has 0 spiro atoms. The standard InChI is InChI=1S/C21H19ClF2N6O3S2/c1-30-9-13(10-30)28-17(4-5-25)14-6-12(22)2-3-18(14)33-19-7-16(24)20(8-15(19)23)35(31,32)29-21-26-11-27-34-21/h2-8,11,13H,9-10,25H2,1H3,(H,26,27,29). The van der Waals surface area contributed by atoms with Crippen molar-refractivity contribution in [3.63, 3.8) is 0 Å². The van der Waals surface area contributed by atoms with Gasteiger partial charge in [-0.25, -0.2) is 22.2 Å². The molecule has 0 radical (unpaired) electrons. The molecule has 1 saturated heterocycles. The zero-order chi connectivity index (χ0) is 25.2. The monoisotopic (exact) mass is 540 g/mol. The molecule has 2 aromatic carbocycles. The Morgan fingerprint density at radius 1 is 1.29 bits per heavy atom. The third-order valence-corrected chi connectivity index (χ3v) is 7.22. The van der Waals surface area contributed by atoms with Crippen LogP contribution in [0.15, 0.2) is 58.8 Å². The fourth-order valence-electron chi connectivity index (χ4n) is 3.33. The van der Waals surface area contributed by atoms with Crippen molar-refractivity contribution in [2.75, 3.05) is 24.9 Å². The lowest BCUT2D eigenvalue weighted by atomic mass is 10.1. The topological polar surface area (TPSA) is 123 Å². The molecule has 1 aromatic heterocycles. The molecule has 184 valence electrons. The van der Waals surface area contributed by atoms with Gasteiger partial charge in [-0.1, -0.05) is 11.6 Å². The highest BCUT2D eigenvalue weighted by atomic mass is 35.5.